The minimum absolute atomic E-state index is 0.137. The second-order valence-electron chi connectivity index (χ2n) is 7.17. The highest BCUT2D eigenvalue weighted by Gasteiger charge is 2.25. The summed E-state index contributed by atoms with van der Waals surface area (Å²) in [6.45, 7) is 11.6. The summed E-state index contributed by atoms with van der Waals surface area (Å²) in [7, 11) is 1.80. The first kappa shape index (κ1) is 16.3. The maximum Gasteiger partial charge on any atom is 0.0678 e. The Morgan fingerprint density at radius 2 is 2.10 bits per heavy atom. The van der Waals surface area contributed by atoms with E-state index in [4.69, 9.17) is 4.74 Å². The first-order valence-electron chi connectivity index (χ1n) is 8.01. The second-order valence-corrected chi connectivity index (χ2v) is 7.17. The van der Waals surface area contributed by atoms with Crippen molar-refractivity contribution in [3.05, 3.63) is 29.3 Å². The summed E-state index contributed by atoms with van der Waals surface area (Å²) in [6, 6.07) is 7.22. The Hall–Kier alpha value is -1.06. The van der Waals surface area contributed by atoms with E-state index in [1.165, 1.54) is 29.7 Å². The molecule has 1 N–H and O–H groups in total. The fraction of sp³-hybridized carbons (Fsp3) is 0.667. The van der Waals surface area contributed by atoms with E-state index in [1.807, 2.05) is 0 Å². The molecular weight excluding hydrogens is 260 g/mol. The normalized spacial score (nSPS) is 16.7. The molecule has 118 valence electrons. The van der Waals surface area contributed by atoms with Crippen LogP contribution in [0.15, 0.2) is 18.2 Å². The van der Waals surface area contributed by atoms with Gasteiger partial charge in [-0.3, -0.25) is 0 Å². The smallest absolute Gasteiger partial charge is 0.0678 e. The molecule has 1 aromatic rings. The third-order valence-electron chi connectivity index (χ3n) is 4.06. The maximum atomic E-state index is 5.48. The zero-order valence-electron chi connectivity index (χ0n) is 14.2. The fourth-order valence-electron chi connectivity index (χ4n) is 3.01. The van der Waals surface area contributed by atoms with Crippen molar-refractivity contribution in [3.63, 3.8) is 0 Å². The lowest BCUT2D eigenvalue weighted by molar-refractivity contribution is 0.171. The van der Waals surface area contributed by atoms with Crippen LogP contribution < -0.4 is 10.2 Å². The SMILES string of the molecule is COCC(CNC(C)(C)C)N1CCCc2cc(C)ccc21. The number of benzene rings is 1. The van der Waals surface area contributed by atoms with Crippen LogP contribution in [0.4, 0.5) is 5.69 Å². The first-order chi connectivity index (χ1) is 9.90. The van der Waals surface area contributed by atoms with E-state index < -0.39 is 0 Å². The van der Waals surface area contributed by atoms with Crippen LogP contribution in [0.25, 0.3) is 0 Å². The summed E-state index contributed by atoms with van der Waals surface area (Å²) in [5.74, 6) is 0. The van der Waals surface area contributed by atoms with Gasteiger partial charge in [0.2, 0.25) is 0 Å². The lowest BCUT2D eigenvalue weighted by atomic mass is 9.98. The van der Waals surface area contributed by atoms with Gasteiger partial charge in [-0.15, -0.1) is 0 Å². The van der Waals surface area contributed by atoms with Gasteiger partial charge in [0.25, 0.3) is 0 Å². The summed E-state index contributed by atoms with van der Waals surface area (Å²) in [5, 5.41) is 3.62. The number of nitrogens with zero attached hydrogens (tertiary/aromatic N) is 1. The molecule has 2 rings (SSSR count). The van der Waals surface area contributed by atoms with Crippen LogP contribution in [0.5, 0.6) is 0 Å². The quantitative estimate of drug-likeness (QED) is 0.901. The lowest BCUT2D eigenvalue weighted by Gasteiger charge is -2.39. The van der Waals surface area contributed by atoms with E-state index in [1.54, 1.807) is 7.11 Å². The van der Waals surface area contributed by atoms with Crippen molar-refractivity contribution in [1.29, 1.82) is 0 Å². The van der Waals surface area contributed by atoms with E-state index in [-0.39, 0.29) is 5.54 Å². The third kappa shape index (κ3) is 4.45. The van der Waals surface area contributed by atoms with Gasteiger partial charge < -0.3 is 15.0 Å². The van der Waals surface area contributed by atoms with Gasteiger partial charge in [0.1, 0.15) is 0 Å². The van der Waals surface area contributed by atoms with Crippen LogP contribution in [0, 0.1) is 6.92 Å². The van der Waals surface area contributed by atoms with Gasteiger partial charge in [-0.1, -0.05) is 17.7 Å². The van der Waals surface area contributed by atoms with E-state index in [2.05, 4.69) is 56.1 Å². The number of hydrogen-bond acceptors (Lipinski definition) is 3. The average Bonchev–Trinajstić information content (AvgIpc) is 2.41. The highest BCUT2D eigenvalue weighted by Crippen LogP contribution is 2.29. The van der Waals surface area contributed by atoms with E-state index in [9.17, 15) is 0 Å². The maximum absolute atomic E-state index is 5.48. The molecule has 0 aliphatic carbocycles. The monoisotopic (exact) mass is 290 g/mol. The number of rotatable bonds is 5. The van der Waals surface area contributed by atoms with Crippen LogP contribution >= 0.6 is 0 Å². The number of methoxy groups -OCH3 is 1. The van der Waals surface area contributed by atoms with Crippen LogP contribution in [0.2, 0.25) is 0 Å². The standard InChI is InChI=1S/C18H30N2O/c1-14-8-9-17-15(11-14)7-6-10-20(17)16(13-21-5)12-19-18(2,3)4/h8-9,11,16,19H,6-7,10,12-13H2,1-5H3. The van der Waals surface area contributed by atoms with Gasteiger partial charge in [0.05, 0.1) is 12.6 Å². The second kappa shape index (κ2) is 6.80. The van der Waals surface area contributed by atoms with Crippen molar-refractivity contribution < 1.29 is 4.74 Å². The molecule has 0 saturated heterocycles. The molecule has 0 amide bonds. The number of nitrogens with one attached hydrogen (secondary N) is 1. The Labute approximate surface area is 129 Å². The number of fused-ring (bicyclic) bond motifs is 1. The van der Waals surface area contributed by atoms with Crippen molar-refractivity contribution in [2.24, 2.45) is 0 Å². The van der Waals surface area contributed by atoms with Gasteiger partial charge >= 0.3 is 0 Å². The predicted octanol–water partition coefficient (Wildman–Crippen LogP) is 3.15. The summed E-state index contributed by atoms with van der Waals surface area (Å²) in [5.41, 5.74) is 4.37. The van der Waals surface area contributed by atoms with E-state index in [0.717, 1.165) is 19.7 Å². The molecule has 1 aliphatic rings. The predicted molar refractivity (Wildman–Crippen MR) is 90.3 cm³/mol. The number of anilines is 1. The Kier molecular flexibility index (Phi) is 5.28. The molecule has 1 unspecified atom stereocenters. The van der Waals surface area contributed by atoms with Crippen molar-refractivity contribution in [2.45, 2.75) is 52.1 Å². The molecule has 1 atom stereocenters. The van der Waals surface area contributed by atoms with Gasteiger partial charge in [-0.05, 0) is 52.2 Å². The van der Waals surface area contributed by atoms with Crippen LogP contribution in [0.3, 0.4) is 0 Å². The Morgan fingerprint density at radius 1 is 1.33 bits per heavy atom. The molecule has 21 heavy (non-hydrogen) atoms. The minimum atomic E-state index is 0.137. The van der Waals surface area contributed by atoms with Gasteiger partial charge in [-0.25, -0.2) is 0 Å². The number of hydrogen-bond donors (Lipinski definition) is 1. The van der Waals surface area contributed by atoms with Crippen molar-refractivity contribution in [2.75, 3.05) is 31.7 Å². The van der Waals surface area contributed by atoms with Crippen molar-refractivity contribution in [3.8, 4) is 0 Å². The molecule has 3 nitrogen and oxygen atoms in total. The molecule has 0 spiro atoms. The molecule has 0 aromatic heterocycles. The van der Waals surface area contributed by atoms with E-state index >= 15 is 0 Å². The number of ether oxygens (including phenoxy) is 1. The summed E-state index contributed by atoms with van der Waals surface area (Å²) < 4.78 is 5.48. The molecule has 0 bridgehead atoms. The zero-order valence-corrected chi connectivity index (χ0v) is 14.2. The Balaban J connectivity index is 2.17. The largest absolute Gasteiger partial charge is 0.383 e. The van der Waals surface area contributed by atoms with Crippen LogP contribution in [-0.2, 0) is 11.2 Å². The molecule has 1 aromatic carbocycles. The molecule has 0 fully saturated rings. The van der Waals surface area contributed by atoms with Crippen LogP contribution in [-0.4, -0.2) is 38.4 Å². The van der Waals surface area contributed by atoms with Gasteiger partial charge in [-0.2, -0.15) is 0 Å². The van der Waals surface area contributed by atoms with Gasteiger partial charge in [0, 0.05) is 31.4 Å². The fourth-order valence-corrected chi connectivity index (χ4v) is 3.01. The lowest BCUT2D eigenvalue weighted by Crippen LogP contribution is -2.51. The third-order valence-corrected chi connectivity index (χ3v) is 4.06. The molecular formula is C18H30N2O. The summed E-state index contributed by atoms with van der Waals surface area (Å²) in [6.07, 6.45) is 2.42. The molecule has 0 radical (unpaired) electrons. The molecule has 0 saturated carbocycles. The van der Waals surface area contributed by atoms with Crippen molar-refractivity contribution >= 4 is 5.69 Å². The van der Waals surface area contributed by atoms with E-state index in [0.29, 0.717) is 6.04 Å². The highest BCUT2D eigenvalue weighted by atomic mass is 16.5. The van der Waals surface area contributed by atoms with Crippen LogP contribution in [0.1, 0.15) is 38.3 Å². The molecule has 3 heteroatoms. The first-order valence-corrected chi connectivity index (χ1v) is 8.01. The van der Waals surface area contributed by atoms with Crippen molar-refractivity contribution in [1.82, 2.24) is 5.32 Å². The Bertz CT molecular complexity index is 465. The highest BCUT2D eigenvalue weighted by molar-refractivity contribution is 5.57. The molecule has 1 heterocycles. The summed E-state index contributed by atoms with van der Waals surface area (Å²) in [4.78, 5) is 2.53. The average molecular weight is 290 g/mol. The number of aryl methyl sites for hydroxylation is 2. The summed E-state index contributed by atoms with van der Waals surface area (Å²) >= 11 is 0. The minimum Gasteiger partial charge on any atom is -0.383 e. The zero-order chi connectivity index (χ0) is 15.5. The Morgan fingerprint density at radius 3 is 2.76 bits per heavy atom. The molecule has 1 aliphatic heterocycles. The van der Waals surface area contributed by atoms with Gasteiger partial charge in [0.15, 0.2) is 0 Å². The topological polar surface area (TPSA) is 24.5 Å².